The van der Waals surface area contributed by atoms with Gasteiger partial charge in [0.25, 0.3) is 0 Å². The van der Waals surface area contributed by atoms with Crippen LogP contribution in [0.5, 0.6) is 0 Å². The van der Waals surface area contributed by atoms with E-state index in [2.05, 4.69) is 15.5 Å². The van der Waals surface area contributed by atoms with Gasteiger partial charge < -0.3 is 15.5 Å². The Morgan fingerprint density at radius 2 is 2.06 bits per heavy atom. The molecule has 0 saturated carbocycles. The molecule has 0 spiro atoms. The highest BCUT2D eigenvalue weighted by molar-refractivity contribution is 7.91. The fourth-order valence-electron chi connectivity index (χ4n) is 2.40. The van der Waals surface area contributed by atoms with E-state index in [1.165, 1.54) is 0 Å². The normalized spacial score (nSPS) is 28.1. The van der Waals surface area contributed by atoms with Crippen molar-refractivity contribution in [3.63, 3.8) is 0 Å². The summed E-state index contributed by atoms with van der Waals surface area (Å²) in [6.45, 7) is 4.66. The fraction of sp³-hybridized carbons (Fsp3) is 0.909. The lowest BCUT2D eigenvalue weighted by atomic mass is 10.2. The Labute approximate surface area is 108 Å². The van der Waals surface area contributed by atoms with Crippen molar-refractivity contribution in [1.82, 2.24) is 15.5 Å². The Hall–Kier alpha value is -0.660. The number of carbonyl (C=O) groups is 1. The molecule has 2 aliphatic heterocycles. The Morgan fingerprint density at radius 1 is 1.33 bits per heavy atom. The van der Waals surface area contributed by atoms with Crippen molar-refractivity contribution in [3.8, 4) is 0 Å². The maximum Gasteiger partial charge on any atom is 0.221 e. The third-order valence-electron chi connectivity index (χ3n) is 3.46. The average molecular weight is 275 g/mol. The minimum absolute atomic E-state index is 0.0318. The monoisotopic (exact) mass is 275 g/mol. The molecule has 7 heteroatoms. The zero-order chi connectivity index (χ0) is 13.0. The molecule has 2 aliphatic rings. The predicted molar refractivity (Wildman–Crippen MR) is 69.1 cm³/mol. The Kier molecular flexibility index (Phi) is 4.58. The SMILES string of the molecule is O=C(CCN1CCNCC1)NC1CCS(=O)(=O)C1. The summed E-state index contributed by atoms with van der Waals surface area (Å²) in [7, 11) is -2.91. The van der Waals surface area contributed by atoms with Crippen molar-refractivity contribution >= 4 is 15.7 Å². The summed E-state index contributed by atoms with van der Waals surface area (Å²) in [6.07, 6.45) is 1.01. The van der Waals surface area contributed by atoms with Gasteiger partial charge in [0.15, 0.2) is 9.84 Å². The van der Waals surface area contributed by atoms with Gasteiger partial charge in [-0.3, -0.25) is 4.79 Å². The van der Waals surface area contributed by atoms with Crippen LogP contribution in [-0.4, -0.2) is 69.5 Å². The van der Waals surface area contributed by atoms with Gasteiger partial charge in [-0.2, -0.15) is 0 Å². The molecule has 2 saturated heterocycles. The zero-order valence-corrected chi connectivity index (χ0v) is 11.3. The molecule has 0 aliphatic carbocycles. The summed E-state index contributed by atoms with van der Waals surface area (Å²) in [5, 5.41) is 6.07. The number of hydrogen-bond acceptors (Lipinski definition) is 5. The maximum absolute atomic E-state index is 11.7. The smallest absolute Gasteiger partial charge is 0.221 e. The summed E-state index contributed by atoms with van der Waals surface area (Å²) >= 11 is 0. The van der Waals surface area contributed by atoms with Crippen molar-refractivity contribution in [1.29, 1.82) is 0 Å². The van der Waals surface area contributed by atoms with E-state index in [0.717, 1.165) is 32.7 Å². The Morgan fingerprint density at radius 3 is 2.67 bits per heavy atom. The third-order valence-corrected chi connectivity index (χ3v) is 5.23. The molecule has 0 aromatic carbocycles. The van der Waals surface area contributed by atoms with Crippen molar-refractivity contribution in [2.24, 2.45) is 0 Å². The molecule has 2 fully saturated rings. The predicted octanol–water partition coefficient (Wildman–Crippen LogP) is -1.41. The first kappa shape index (κ1) is 13.8. The molecule has 1 amide bonds. The molecule has 1 unspecified atom stereocenters. The summed E-state index contributed by atoms with van der Waals surface area (Å²) in [4.78, 5) is 14.0. The van der Waals surface area contributed by atoms with Gasteiger partial charge in [-0.15, -0.1) is 0 Å². The highest BCUT2D eigenvalue weighted by atomic mass is 32.2. The van der Waals surface area contributed by atoms with Crippen molar-refractivity contribution in [3.05, 3.63) is 0 Å². The van der Waals surface area contributed by atoms with E-state index < -0.39 is 9.84 Å². The number of amides is 1. The van der Waals surface area contributed by atoms with Gasteiger partial charge in [0, 0.05) is 45.2 Å². The first-order chi connectivity index (χ1) is 8.55. The van der Waals surface area contributed by atoms with Crippen LogP contribution in [0.15, 0.2) is 0 Å². The summed E-state index contributed by atoms with van der Waals surface area (Å²) in [6, 6.07) is -0.175. The van der Waals surface area contributed by atoms with Gasteiger partial charge in [-0.25, -0.2) is 8.42 Å². The first-order valence-corrected chi connectivity index (χ1v) is 8.30. The van der Waals surface area contributed by atoms with Crippen LogP contribution in [0, 0.1) is 0 Å². The first-order valence-electron chi connectivity index (χ1n) is 6.48. The molecule has 2 heterocycles. The zero-order valence-electron chi connectivity index (χ0n) is 10.5. The summed E-state index contributed by atoms with van der Waals surface area (Å²) < 4.78 is 22.5. The highest BCUT2D eigenvalue weighted by Crippen LogP contribution is 2.11. The van der Waals surface area contributed by atoms with Crippen LogP contribution >= 0.6 is 0 Å². The largest absolute Gasteiger partial charge is 0.352 e. The van der Waals surface area contributed by atoms with Crippen molar-refractivity contribution in [2.45, 2.75) is 18.9 Å². The molecule has 6 nitrogen and oxygen atoms in total. The second-order valence-corrected chi connectivity index (χ2v) is 7.24. The minimum atomic E-state index is -2.91. The van der Waals surface area contributed by atoms with Crippen LogP contribution in [0.25, 0.3) is 0 Å². The molecule has 1 atom stereocenters. The van der Waals surface area contributed by atoms with Crippen LogP contribution < -0.4 is 10.6 Å². The van der Waals surface area contributed by atoms with Crippen LogP contribution in [-0.2, 0) is 14.6 Å². The van der Waals surface area contributed by atoms with Crippen molar-refractivity contribution < 1.29 is 13.2 Å². The van der Waals surface area contributed by atoms with Gasteiger partial charge >= 0.3 is 0 Å². The van der Waals surface area contributed by atoms with E-state index in [-0.39, 0.29) is 23.5 Å². The number of nitrogens with zero attached hydrogens (tertiary/aromatic N) is 1. The number of rotatable bonds is 4. The number of nitrogens with one attached hydrogen (secondary N) is 2. The summed E-state index contributed by atoms with van der Waals surface area (Å²) in [5.74, 6) is 0.276. The van der Waals surface area contributed by atoms with Gasteiger partial charge in [0.05, 0.1) is 11.5 Å². The summed E-state index contributed by atoms with van der Waals surface area (Å²) in [5.41, 5.74) is 0. The molecule has 0 aromatic rings. The van der Waals surface area contributed by atoms with Crippen LogP contribution in [0.4, 0.5) is 0 Å². The number of piperazine rings is 1. The standard InChI is InChI=1S/C11H21N3O3S/c15-11(1-5-14-6-3-12-4-7-14)13-10-2-8-18(16,17)9-10/h10,12H,1-9H2,(H,13,15). The Balaban J connectivity index is 1.66. The Bertz CT molecular complexity index is 390. The van der Waals surface area contributed by atoms with Gasteiger partial charge in [0.2, 0.25) is 5.91 Å². The topological polar surface area (TPSA) is 78.5 Å². The highest BCUT2D eigenvalue weighted by Gasteiger charge is 2.28. The fourth-order valence-corrected chi connectivity index (χ4v) is 4.08. The second kappa shape index (κ2) is 5.99. The van der Waals surface area contributed by atoms with E-state index in [0.29, 0.717) is 12.8 Å². The van der Waals surface area contributed by atoms with Gasteiger partial charge in [-0.05, 0) is 6.42 Å². The molecule has 2 N–H and O–H groups in total. The molecule has 2 rings (SSSR count). The lowest BCUT2D eigenvalue weighted by Crippen LogP contribution is -2.45. The lowest BCUT2D eigenvalue weighted by molar-refractivity contribution is -0.122. The van der Waals surface area contributed by atoms with E-state index in [1.54, 1.807) is 0 Å². The van der Waals surface area contributed by atoms with E-state index in [9.17, 15) is 13.2 Å². The molecule has 0 aromatic heterocycles. The van der Waals surface area contributed by atoms with Gasteiger partial charge in [-0.1, -0.05) is 0 Å². The molecule has 0 bridgehead atoms. The molecule has 18 heavy (non-hydrogen) atoms. The van der Waals surface area contributed by atoms with Crippen molar-refractivity contribution in [2.75, 3.05) is 44.2 Å². The number of hydrogen-bond donors (Lipinski definition) is 2. The second-order valence-electron chi connectivity index (χ2n) is 5.01. The van der Waals surface area contributed by atoms with Crippen LogP contribution in [0.2, 0.25) is 0 Å². The number of sulfone groups is 1. The van der Waals surface area contributed by atoms with Gasteiger partial charge in [0.1, 0.15) is 0 Å². The van der Waals surface area contributed by atoms with E-state index >= 15 is 0 Å². The van der Waals surface area contributed by atoms with E-state index in [4.69, 9.17) is 0 Å². The van der Waals surface area contributed by atoms with Crippen LogP contribution in [0.1, 0.15) is 12.8 Å². The molecule has 0 radical (unpaired) electrons. The average Bonchev–Trinajstić information content (AvgIpc) is 2.67. The molecular formula is C11H21N3O3S. The molecule has 104 valence electrons. The van der Waals surface area contributed by atoms with E-state index in [1.807, 2.05) is 0 Å². The number of carbonyl (C=O) groups excluding carboxylic acids is 1. The third kappa shape index (κ3) is 4.22. The quantitative estimate of drug-likeness (QED) is 0.659. The minimum Gasteiger partial charge on any atom is -0.352 e. The lowest BCUT2D eigenvalue weighted by Gasteiger charge is -2.26. The maximum atomic E-state index is 11.7. The van der Waals surface area contributed by atoms with Crippen LogP contribution in [0.3, 0.4) is 0 Å². The molecular weight excluding hydrogens is 254 g/mol.